The number of hydrogen-bond acceptors (Lipinski definition) is 3. The lowest BCUT2D eigenvalue weighted by molar-refractivity contribution is 0.208. The van der Waals surface area contributed by atoms with Crippen LogP contribution in [0.25, 0.3) is 0 Å². The summed E-state index contributed by atoms with van der Waals surface area (Å²) < 4.78 is 5.98. The third kappa shape index (κ3) is 3.39. The van der Waals surface area contributed by atoms with Crippen molar-refractivity contribution in [2.75, 3.05) is 31.1 Å². The summed E-state index contributed by atoms with van der Waals surface area (Å²) >= 11 is 0. The number of nitrogens with one attached hydrogen (secondary N) is 1. The Kier molecular flexibility index (Phi) is 5.17. The Hall–Kier alpha value is -0.930. The molecule has 0 aromatic heterocycles. The van der Waals surface area contributed by atoms with Crippen molar-refractivity contribution in [3.63, 3.8) is 0 Å². The average molecular weight is 297 g/mol. The molecule has 1 N–H and O–H groups in total. The maximum absolute atomic E-state index is 5.98. The molecule has 1 aromatic carbocycles. The van der Waals surface area contributed by atoms with E-state index in [0.29, 0.717) is 0 Å². The highest BCUT2D eigenvalue weighted by atomic mass is 35.5. The van der Waals surface area contributed by atoms with E-state index in [4.69, 9.17) is 4.74 Å². The molecule has 20 heavy (non-hydrogen) atoms. The Balaban J connectivity index is 0.00000147. The normalized spacial score (nSPS) is 22.7. The van der Waals surface area contributed by atoms with E-state index in [1.807, 2.05) is 0 Å². The maximum Gasteiger partial charge on any atom is 0.143 e. The topological polar surface area (TPSA) is 24.5 Å². The second kappa shape index (κ2) is 6.68. The van der Waals surface area contributed by atoms with Gasteiger partial charge in [0.05, 0.1) is 12.2 Å². The van der Waals surface area contributed by atoms with Gasteiger partial charge in [0.15, 0.2) is 0 Å². The van der Waals surface area contributed by atoms with Gasteiger partial charge in [-0.05, 0) is 63.4 Å². The third-order valence-corrected chi connectivity index (χ3v) is 4.20. The van der Waals surface area contributed by atoms with Crippen molar-refractivity contribution in [3.8, 4) is 5.75 Å². The zero-order chi connectivity index (χ0) is 13.2. The van der Waals surface area contributed by atoms with E-state index in [2.05, 4.69) is 42.3 Å². The van der Waals surface area contributed by atoms with E-state index in [-0.39, 0.29) is 18.5 Å². The number of piperidine rings is 1. The molecule has 0 spiro atoms. The number of nitrogens with zero attached hydrogens (tertiary/aromatic N) is 1. The van der Waals surface area contributed by atoms with Gasteiger partial charge in [0.1, 0.15) is 11.9 Å². The van der Waals surface area contributed by atoms with Gasteiger partial charge < -0.3 is 15.0 Å². The molecule has 2 aliphatic rings. The molecule has 4 heteroatoms. The third-order valence-electron chi connectivity index (χ3n) is 4.20. The van der Waals surface area contributed by atoms with E-state index in [9.17, 15) is 0 Å². The maximum atomic E-state index is 5.98. The molecule has 3 rings (SSSR count). The van der Waals surface area contributed by atoms with Crippen molar-refractivity contribution in [3.05, 3.63) is 23.8 Å². The number of hydrogen-bond donors (Lipinski definition) is 1. The van der Waals surface area contributed by atoms with Gasteiger partial charge in [-0.1, -0.05) is 6.07 Å². The Labute approximate surface area is 128 Å². The fourth-order valence-corrected chi connectivity index (χ4v) is 3.19. The van der Waals surface area contributed by atoms with Gasteiger partial charge in [0.25, 0.3) is 0 Å². The van der Waals surface area contributed by atoms with Crippen LogP contribution in [0.15, 0.2) is 18.2 Å². The second-order valence-electron chi connectivity index (χ2n) is 6.00. The summed E-state index contributed by atoms with van der Waals surface area (Å²) in [7, 11) is 0. The van der Waals surface area contributed by atoms with Crippen LogP contribution in [0.2, 0.25) is 0 Å². The summed E-state index contributed by atoms with van der Waals surface area (Å²) in [5.41, 5.74) is 2.55. The molecular formula is C16H25ClN2O. The van der Waals surface area contributed by atoms with Crippen molar-refractivity contribution < 1.29 is 4.74 Å². The van der Waals surface area contributed by atoms with E-state index in [1.54, 1.807) is 0 Å². The number of rotatable bonds is 2. The molecule has 2 aliphatic heterocycles. The molecule has 0 amide bonds. The number of fused-ring (bicyclic) bond motifs is 1. The van der Waals surface area contributed by atoms with Crippen LogP contribution in [-0.2, 0) is 0 Å². The zero-order valence-electron chi connectivity index (χ0n) is 12.4. The first-order valence-corrected chi connectivity index (χ1v) is 7.45. The van der Waals surface area contributed by atoms with Crippen molar-refractivity contribution in [2.24, 2.45) is 5.92 Å². The number of ether oxygens (including phenoxy) is 1. The lowest BCUT2D eigenvalue weighted by Crippen LogP contribution is -2.43. The quantitative estimate of drug-likeness (QED) is 0.908. The molecule has 0 aliphatic carbocycles. The molecule has 0 radical (unpaired) electrons. The molecule has 1 aromatic rings. The van der Waals surface area contributed by atoms with E-state index in [0.717, 1.165) is 18.2 Å². The van der Waals surface area contributed by atoms with Crippen molar-refractivity contribution >= 4 is 18.1 Å². The Bertz CT molecular complexity index is 446. The monoisotopic (exact) mass is 296 g/mol. The first-order chi connectivity index (χ1) is 9.22. The van der Waals surface area contributed by atoms with E-state index >= 15 is 0 Å². The molecule has 1 atom stereocenters. The highest BCUT2D eigenvalue weighted by molar-refractivity contribution is 5.85. The van der Waals surface area contributed by atoms with Gasteiger partial charge in [-0.2, -0.15) is 0 Å². The van der Waals surface area contributed by atoms with Crippen LogP contribution in [0.3, 0.4) is 0 Å². The molecule has 1 unspecified atom stereocenters. The molecule has 0 bridgehead atoms. The van der Waals surface area contributed by atoms with Gasteiger partial charge >= 0.3 is 0 Å². The first kappa shape index (κ1) is 15.5. The van der Waals surface area contributed by atoms with Gasteiger partial charge in [0.2, 0.25) is 0 Å². The van der Waals surface area contributed by atoms with Gasteiger partial charge in [-0.25, -0.2) is 0 Å². The highest BCUT2D eigenvalue weighted by Crippen LogP contribution is 2.35. The van der Waals surface area contributed by atoms with Crippen LogP contribution < -0.4 is 15.0 Å². The Morgan fingerprint density at radius 2 is 2.05 bits per heavy atom. The lowest BCUT2D eigenvalue weighted by atomic mass is 9.96. The van der Waals surface area contributed by atoms with E-state index in [1.165, 1.54) is 43.7 Å². The largest absolute Gasteiger partial charge is 0.487 e. The van der Waals surface area contributed by atoms with Gasteiger partial charge in [-0.15, -0.1) is 12.4 Å². The summed E-state index contributed by atoms with van der Waals surface area (Å²) in [5, 5.41) is 3.44. The summed E-state index contributed by atoms with van der Waals surface area (Å²) in [6, 6.07) is 6.58. The second-order valence-corrected chi connectivity index (χ2v) is 6.00. The Morgan fingerprint density at radius 1 is 1.30 bits per heavy atom. The molecule has 112 valence electrons. The minimum Gasteiger partial charge on any atom is -0.487 e. The SMILES string of the molecule is Cc1ccc2c(c1)OC(C)CN2CC1CCNCC1.Cl. The molecule has 2 heterocycles. The van der Waals surface area contributed by atoms with Gasteiger partial charge in [0, 0.05) is 6.54 Å². The summed E-state index contributed by atoms with van der Waals surface area (Å²) in [6.07, 6.45) is 2.89. The van der Waals surface area contributed by atoms with Crippen LogP contribution in [0.1, 0.15) is 25.3 Å². The molecular weight excluding hydrogens is 272 g/mol. The first-order valence-electron chi connectivity index (χ1n) is 7.45. The van der Waals surface area contributed by atoms with Crippen molar-refractivity contribution in [1.82, 2.24) is 5.32 Å². The van der Waals surface area contributed by atoms with Crippen LogP contribution in [0, 0.1) is 12.8 Å². The average Bonchev–Trinajstić information content (AvgIpc) is 2.39. The summed E-state index contributed by atoms with van der Waals surface area (Å²) in [5.74, 6) is 1.88. The van der Waals surface area contributed by atoms with Gasteiger partial charge in [-0.3, -0.25) is 0 Å². The lowest BCUT2D eigenvalue weighted by Gasteiger charge is -2.38. The molecule has 0 saturated carbocycles. The van der Waals surface area contributed by atoms with Crippen LogP contribution in [0.5, 0.6) is 5.75 Å². The minimum absolute atomic E-state index is 0. The Morgan fingerprint density at radius 3 is 2.80 bits per heavy atom. The zero-order valence-corrected chi connectivity index (χ0v) is 13.2. The smallest absolute Gasteiger partial charge is 0.143 e. The number of aryl methyl sites for hydroxylation is 1. The molecule has 1 saturated heterocycles. The van der Waals surface area contributed by atoms with Crippen LogP contribution in [-0.4, -0.2) is 32.3 Å². The summed E-state index contributed by atoms with van der Waals surface area (Å²) in [6.45, 7) is 8.82. The number of benzene rings is 1. The predicted molar refractivity (Wildman–Crippen MR) is 86.3 cm³/mol. The standard InChI is InChI=1S/C16H24N2O.ClH/c1-12-3-4-15-16(9-12)19-13(2)10-18(15)11-14-5-7-17-8-6-14;/h3-4,9,13-14,17H,5-8,10-11H2,1-2H3;1H. The van der Waals surface area contributed by atoms with Crippen LogP contribution in [0.4, 0.5) is 5.69 Å². The van der Waals surface area contributed by atoms with Crippen molar-refractivity contribution in [1.29, 1.82) is 0 Å². The highest BCUT2D eigenvalue weighted by Gasteiger charge is 2.25. The fraction of sp³-hybridized carbons (Fsp3) is 0.625. The predicted octanol–water partition coefficient (Wildman–Crippen LogP) is 3.00. The van der Waals surface area contributed by atoms with Crippen LogP contribution >= 0.6 is 12.4 Å². The minimum atomic E-state index is 0. The fourth-order valence-electron chi connectivity index (χ4n) is 3.19. The number of anilines is 1. The van der Waals surface area contributed by atoms with Crippen molar-refractivity contribution in [2.45, 2.75) is 32.8 Å². The number of halogens is 1. The molecule has 3 nitrogen and oxygen atoms in total. The van der Waals surface area contributed by atoms with E-state index < -0.39 is 0 Å². The summed E-state index contributed by atoms with van der Waals surface area (Å²) in [4.78, 5) is 2.53. The molecule has 1 fully saturated rings.